The third-order valence-corrected chi connectivity index (χ3v) is 5.14. The van der Waals surface area contributed by atoms with Crippen LogP contribution in [-0.2, 0) is 16.6 Å². The second-order valence-corrected chi connectivity index (χ2v) is 6.85. The molecule has 2 aromatic rings. The van der Waals surface area contributed by atoms with Gasteiger partial charge in [-0.3, -0.25) is 4.98 Å². The second kappa shape index (κ2) is 6.17. The van der Waals surface area contributed by atoms with E-state index in [0.29, 0.717) is 11.8 Å². The first-order chi connectivity index (χ1) is 9.81. The zero-order chi connectivity index (χ0) is 15.6. The summed E-state index contributed by atoms with van der Waals surface area (Å²) >= 11 is 2.86. The number of pyridine rings is 1. The lowest BCUT2D eigenvalue weighted by molar-refractivity contribution is 0.540. The van der Waals surface area contributed by atoms with E-state index in [1.807, 2.05) is 0 Å². The highest BCUT2D eigenvalue weighted by Crippen LogP contribution is 2.26. The molecule has 0 aliphatic carbocycles. The minimum Gasteiger partial charge on any atom is -0.260 e. The molecule has 0 atom stereocenters. The van der Waals surface area contributed by atoms with Crippen molar-refractivity contribution in [1.82, 2.24) is 9.71 Å². The monoisotopic (exact) mass is 376 g/mol. The number of aryl methyl sites for hydroxylation is 1. The Bertz CT molecular complexity index is 758. The number of hydrogen-bond acceptors (Lipinski definition) is 3. The van der Waals surface area contributed by atoms with E-state index in [-0.39, 0.29) is 11.0 Å². The van der Waals surface area contributed by atoms with E-state index in [2.05, 4.69) is 25.6 Å². The van der Waals surface area contributed by atoms with Gasteiger partial charge >= 0.3 is 0 Å². The second-order valence-electron chi connectivity index (χ2n) is 4.29. The van der Waals surface area contributed by atoms with Gasteiger partial charge in [0.2, 0.25) is 10.0 Å². The van der Waals surface area contributed by atoms with Gasteiger partial charge in [-0.25, -0.2) is 21.9 Å². The molecule has 4 nitrogen and oxygen atoms in total. The molecule has 0 aliphatic rings. The van der Waals surface area contributed by atoms with E-state index >= 15 is 0 Å². The molecular formula is C13H11BrF2N2O2S. The SMILES string of the molecule is Cc1cccnc1CNS(=O)(=O)c1c(F)cc(F)cc1Br. The third kappa shape index (κ3) is 3.63. The molecule has 0 fully saturated rings. The van der Waals surface area contributed by atoms with Gasteiger partial charge in [0.15, 0.2) is 0 Å². The number of sulfonamides is 1. The Morgan fingerprint density at radius 1 is 1.33 bits per heavy atom. The molecule has 112 valence electrons. The van der Waals surface area contributed by atoms with Gasteiger partial charge in [-0.1, -0.05) is 6.07 Å². The number of nitrogens with one attached hydrogen (secondary N) is 1. The van der Waals surface area contributed by atoms with Crippen LogP contribution in [0.2, 0.25) is 0 Å². The van der Waals surface area contributed by atoms with Gasteiger partial charge in [0, 0.05) is 16.7 Å². The maximum atomic E-state index is 13.7. The van der Waals surface area contributed by atoms with Crippen molar-refractivity contribution in [1.29, 1.82) is 0 Å². The van der Waals surface area contributed by atoms with Crippen molar-refractivity contribution < 1.29 is 17.2 Å². The molecule has 0 unspecified atom stereocenters. The first-order valence-corrected chi connectivity index (χ1v) is 8.13. The zero-order valence-electron chi connectivity index (χ0n) is 10.9. The normalized spacial score (nSPS) is 11.6. The molecule has 1 N–H and O–H groups in total. The Morgan fingerprint density at radius 2 is 2.05 bits per heavy atom. The molecule has 1 aromatic carbocycles. The quantitative estimate of drug-likeness (QED) is 0.892. The Labute approximate surface area is 129 Å². The molecule has 0 amide bonds. The van der Waals surface area contributed by atoms with Gasteiger partial charge in [0.05, 0.1) is 12.2 Å². The van der Waals surface area contributed by atoms with Crippen LogP contribution in [0.1, 0.15) is 11.3 Å². The van der Waals surface area contributed by atoms with Crippen LogP contribution in [0.5, 0.6) is 0 Å². The van der Waals surface area contributed by atoms with Crippen molar-refractivity contribution in [2.45, 2.75) is 18.4 Å². The molecule has 1 aromatic heterocycles. The van der Waals surface area contributed by atoms with Crippen LogP contribution in [0.25, 0.3) is 0 Å². The van der Waals surface area contributed by atoms with Crippen LogP contribution >= 0.6 is 15.9 Å². The van der Waals surface area contributed by atoms with Crippen molar-refractivity contribution in [2.24, 2.45) is 0 Å². The van der Waals surface area contributed by atoms with Crippen molar-refractivity contribution in [3.05, 3.63) is 57.8 Å². The van der Waals surface area contributed by atoms with Crippen LogP contribution in [-0.4, -0.2) is 13.4 Å². The summed E-state index contributed by atoms with van der Waals surface area (Å²) in [5.41, 5.74) is 1.33. The minimum absolute atomic E-state index is 0.0851. The van der Waals surface area contributed by atoms with E-state index in [0.717, 1.165) is 11.6 Å². The molecule has 0 saturated heterocycles. The highest BCUT2D eigenvalue weighted by atomic mass is 79.9. The molecule has 0 aliphatic heterocycles. The fourth-order valence-electron chi connectivity index (χ4n) is 1.72. The summed E-state index contributed by atoms with van der Waals surface area (Å²) in [6.45, 7) is 1.70. The number of aromatic nitrogens is 1. The lowest BCUT2D eigenvalue weighted by Gasteiger charge is -2.10. The van der Waals surface area contributed by atoms with Gasteiger partial charge in [0.1, 0.15) is 16.5 Å². The van der Waals surface area contributed by atoms with Crippen LogP contribution in [0.3, 0.4) is 0 Å². The molecule has 21 heavy (non-hydrogen) atoms. The standard InChI is InChI=1S/C13H11BrF2N2O2S/c1-8-3-2-4-17-12(8)7-18-21(19,20)13-10(14)5-9(15)6-11(13)16/h2-6,18H,7H2,1H3. The summed E-state index contributed by atoms with van der Waals surface area (Å²) in [7, 11) is -4.13. The maximum Gasteiger partial charge on any atom is 0.244 e. The molecular weight excluding hydrogens is 366 g/mol. The summed E-state index contributed by atoms with van der Waals surface area (Å²) < 4.78 is 53.1. The smallest absolute Gasteiger partial charge is 0.244 e. The van der Waals surface area contributed by atoms with Crippen molar-refractivity contribution in [3.8, 4) is 0 Å². The molecule has 2 rings (SSSR count). The van der Waals surface area contributed by atoms with E-state index in [1.165, 1.54) is 6.20 Å². The third-order valence-electron chi connectivity index (χ3n) is 2.78. The van der Waals surface area contributed by atoms with E-state index in [9.17, 15) is 17.2 Å². The van der Waals surface area contributed by atoms with Crippen LogP contribution in [0.4, 0.5) is 8.78 Å². The number of hydrogen-bond donors (Lipinski definition) is 1. The van der Waals surface area contributed by atoms with Crippen LogP contribution < -0.4 is 4.72 Å². The fourth-order valence-corrected chi connectivity index (χ4v) is 3.87. The number of nitrogens with zero attached hydrogens (tertiary/aromatic N) is 1. The predicted octanol–water partition coefficient (Wildman–Crippen LogP) is 2.91. The number of rotatable bonds is 4. The minimum atomic E-state index is -4.13. The lowest BCUT2D eigenvalue weighted by Crippen LogP contribution is -2.25. The zero-order valence-corrected chi connectivity index (χ0v) is 13.3. The first kappa shape index (κ1) is 16.0. The van der Waals surface area contributed by atoms with Crippen LogP contribution in [0.15, 0.2) is 39.8 Å². The summed E-state index contributed by atoms with van der Waals surface area (Å²) in [5.74, 6) is -2.02. The summed E-state index contributed by atoms with van der Waals surface area (Å²) in [4.78, 5) is 3.41. The average molecular weight is 377 g/mol. The largest absolute Gasteiger partial charge is 0.260 e. The lowest BCUT2D eigenvalue weighted by atomic mass is 10.2. The first-order valence-electron chi connectivity index (χ1n) is 5.86. The Hall–Kier alpha value is -1.38. The topological polar surface area (TPSA) is 59.1 Å². The fraction of sp³-hybridized carbons (Fsp3) is 0.154. The van der Waals surface area contributed by atoms with Gasteiger partial charge in [-0.15, -0.1) is 0 Å². The summed E-state index contributed by atoms with van der Waals surface area (Å²) in [5, 5.41) is 0. The highest BCUT2D eigenvalue weighted by Gasteiger charge is 2.23. The van der Waals surface area contributed by atoms with Crippen molar-refractivity contribution >= 4 is 26.0 Å². The summed E-state index contributed by atoms with van der Waals surface area (Å²) in [6, 6.07) is 4.92. The maximum absolute atomic E-state index is 13.7. The Balaban J connectivity index is 2.30. The van der Waals surface area contributed by atoms with Crippen molar-refractivity contribution in [2.75, 3.05) is 0 Å². The van der Waals surface area contributed by atoms with E-state index in [1.54, 1.807) is 19.1 Å². The van der Waals surface area contributed by atoms with Crippen LogP contribution in [0, 0.1) is 18.6 Å². The molecule has 0 spiro atoms. The van der Waals surface area contributed by atoms with Gasteiger partial charge in [-0.2, -0.15) is 0 Å². The molecule has 8 heteroatoms. The molecule has 0 radical (unpaired) electrons. The number of halogens is 3. The van der Waals surface area contributed by atoms with E-state index < -0.39 is 26.6 Å². The van der Waals surface area contributed by atoms with Gasteiger partial charge < -0.3 is 0 Å². The van der Waals surface area contributed by atoms with E-state index in [4.69, 9.17) is 0 Å². The predicted molar refractivity (Wildman–Crippen MR) is 77.1 cm³/mol. The summed E-state index contributed by atoms with van der Waals surface area (Å²) in [6.07, 6.45) is 1.53. The number of benzene rings is 1. The molecule has 1 heterocycles. The van der Waals surface area contributed by atoms with Gasteiger partial charge in [-0.05, 0) is 40.5 Å². The Kier molecular flexibility index (Phi) is 4.70. The van der Waals surface area contributed by atoms with Gasteiger partial charge in [0.25, 0.3) is 0 Å². The average Bonchev–Trinajstić information content (AvgIpc) is 2.36. The molecule has 0 bridgehead atoms. The highest BCUT2D eigenvalue weighted by molar-refractivity contribution is 9.10. The Morgan fingerprint density at radius 3 is 2.67 bits per heavy atom. The van der Waals surface area contributed by atoms with Crippen molar-refractivity contribution in [3.63, 3.8) is 0 Å². The molecule has 0 saturated carbocycles.